The summed E-state index contributed by atoms with van der Waals surface area (Å²) in [5.41, 5.74) is 4.65. The van der Waals surface area contributed by atoms with Gasteiger partial charge < -0.3 is 10.6 Å². The number of aromatic nitrogens is 1. The minimum Gasteiger partial charge on any atom is -0.308 e. The minimum absolute atomic E-state index is 0.305. The molecule has 0 aliphatic carbocycles. The number of anilines is 2. The van der Waals surface area contributed by atoms with Crippen LogP contribution in [-0.2, 0) is 0 Å². The fourth-order valence-electron chi connectivity index (χ4n) is 2.68. The Morgan fingerprint density at radius 1 is 0.926 bits per heavy atom. The molecule has 4 rings (SSSR count). The third-order valence-electron chi connectivity index (χ3n) is 4.04. The molecule has 0 saturated heterocycles. The summed E-state index contributed by atoms with van der Waals surface area (Å²) in [6, 6.07) is 20.6. The molecule has 1 aromatic heterocycles. The highest BCUT2D eigenvalue weighted by Crippen LogP contribution is 2.31. The van der Waals surface area contributed by atoms with E-state index in [-0.39, 0.29) is 6.03 Å². The topological polar surface area (TPSA) is 54.0 Å². The van der Waals surface area contributed by atoms with E-state index in [4.69, 9.17) is 11.6 Å². The molecule has 6 heteroatoms. The monoisotopic (exact) mass is 393 g/mol. The molecule has 0 fully saturated rings. The van der Waals surface area contributed by atoms with Gasteiger partial charge in [-0.3, -0.25) is 0 Å². The van der Waals surface area contributed by atoms with E-state index < -0.39 is 0 Å². The van der Waals surface area contributed by atoms with Crippen molar-refractivity contribution in [3.63, 3.8) is 0 Å². The highest BCUT2D eigenvalue weighted by Gasteiger charge is 2.08. The lowest BCUT2D eigenvalue weighted by Crippen LogP contribution is -2.19. The smallest absolute Gasteiger partial charge is 0.308 e. The quantitative estimate of drug-likeness (QED) is 0.413. The number of nitrogens with zero attached hydrogens (tertiary/aromatic N) is 1. The highest BCUT2D eigenvalue weighted by atomic mass is 35.5. The zero-order valence-electron chi connectivity index (χ0n) is 14.5. The van der Waals surface area contributed by atoms with E-state index in [1.165, 1.54) is 10.3 Å². The molecule has 0 radical (unpaired) electrons. The van der Waals surface area contributed by atoms with Crippen LogP contribution >= 0.6 is 22.9 Å². The van der Waals surface area contributed by atoms with E-state index in [2.05, 4.69) is 34.7 Å². The molecule has 3 aromatic carbocycles. The number of fused-ring (bicyclic) bond motifs is 1. The van der Waals surface area contributed by atoms with Crippen LogP contribution in [0.25, 0.3) is 20.8 Å². The molecule has 0 atom stereocenters. The van der Waals surface area contributed by atoms with Crippen molar-refractivity contribution in [2.75, 3.05) is 10.6 Å². The van der Waals surface area contributed by atoms with E-state index >= 15 is 0 Å². The van der Waals surface area contributed by atoms with Crippen molar-refractivity contribution in [3.05, 3.63) is 77.3 Å². The Kier molecular flexibility index (Phi) is 4.79. The van der Waals surface area contributed by atoms with Gasteiger partial charge in [0.15, 0.2) is 0 Å². The van der Waals surface area contributed by atoms with Crippen molar-refractivity contribution in [3.8, 4) is 10.6 Å². The third-order valence-corrected chi connectivity index (χ3v) is 5.35. The van der Waals surface area contributed by atoms with Gasteiger partial charge in [-0.2, -0.15) is 0 Å². The van der Waals surface area contributed by atoms with Crippen LogP contribution in [0.5, 0.6) is 0 Å². The summed E-state index contributed by atoms with van der Waals surface area (Å²) >= 11 is 7.51. The van der Waals surface area contributed by atoms with Crippen LogP contribution in [0.3, 0.4) is 0 Å². The van der Waals surface area contributed by atoms with E-state index in [0.29, 0.717) is 16.4 Å². The first kappa shape index (κ1) is 17.5. The van der Waals surface area contributed by atoms with Crippen LogP contribution in [0.15, 0.2) is 66.7 Å². The van der Waals surface area contributed by atoms with E-state index in [0.717, 1.165) is 16.1 Å². The normalized spacial score (nSPS) is 10.7. The van der Waals surface area contributed by atoms with Crippen molar-refractivity contribution in [2.24, 2.45) is 0 Å². The van der Waals surface area contributed by atoms with Gasteiger partial charge >= 0.3 is 6.03 Å². The molecule has 0 bridgehead atoms. The van der Waals surface area contributed by atoms with Crippen molar-refractivity contribution in [1.29, 1.82) is 0 Å². The van der Waals surface area contributed by atoms with Crippen molar-refractivity contribution >= 4 is 50.6 Å². The largest absolute Gasteiger partial charge is 0.323 e. The number of hydrogen-bond donors (Lipinski definition) is 2. The number of thiazole rings is 1. The summed E-state index contributed by atoms with van der Waals surface area (Å²) in [5.74, 6) is 0. The Labute approximate surface area is 165 Å². The van der Waals surface area contributed by atoms with Crippen LogP contribution in [0.2, 0.25) is 5.02 Å². The van der Waals surface area contributed by atoms with Crippen LogP contribution in [0.4, 0.5) is 16.2 Å². The van der Waals surface area contributed by atoms with Gasteiger partial charge in [-0.15, -0.1) is 11.3 Å². The molecule has 27 heavy (non-hydrogen) atoms. The number of hydrogen-bond acceptors (Lipinski definition) is 3. The second kappa shape index (κ2) is 7.39. The first-order chi connectivity index (χ1) is 13.1. The number of rotatable bonds is 3. The number of urea groups is 1. The first-order valence-electron chi connectivity index (χ1n) is 8.38. The number of halogens is 1. The average molecular weight is 394 g/mol. The molecule has 1 heterocycles. The molecule has 0 aliphatic heterocycles. The summed E-state index contributed by atoms with van der Waals surface area (Å²) < 4.78 is 1.18. The van der Waals surface area contributed by atoms with E-state index in [1.54, 1.807) is 35.6 Å². The average Bonchev–Trinajstić information content (AvgIpc) is 3.07. The molecule has 134 valence electrons. The number of amides is 2. The second-order valence-electron chi connectivity index (χ2n) is 6.15. The van der Waals surface area contributed by atoms with Gasteiger partial charge in [-0.05, 0) is 73.2 Å². The Balaban J connectivity index is 1.46. The fourth-order valence-corrected chi connectivity index (χ4v) is 3.87. The molecule has 2 amide bonds. The first-order valence-corrected chi connectivity index (χ1v) is 9.57. The molecular weight excluding hydrogens is 378 g/mol. The number of benzene rings is 3. The van der Waals surface area contributed by atoms with Crippen LogP contribution in [0, 0.1) is 6.92 Å². The zero-order chi connectivity index (χ0) is 18.8. The highest BCUT2D eigenvalue weighted by molar-refractivity contribution is 7.21. The number of carbonyl (C=O) groups excluding carboxylic acids is 1. The van der Waals surface area contributed by atoms with Crippen LogP contribution < -0.4 is 10.6 Å². The molecule has 2 N–H and O–H groups in total. The summed E-state index contributed by atoms with van der Waals surface area (Å²) in [6.45, 7) is 2.08. The second-order valence-corrected chi connectivity index (χ2v) is 7.62. The number of carbonyl (C=O) groups is 1. The summed E-state index contributed by atoms with van der Waals surface area (Å²) in [6.07, 6.45) is 0. The number of aryl methyl sites for hydroxylation is 1. The van der Waals surface area contributed by atoms with E-state index in [1.807, 2.05) is 30.3 Å². The van der Waals surface area contributed by atoms with E-state index in [9.17, 15) is 4.79 Å². The van der Waals surface area contributed by atoms with Gasteiger partial charge in [0.25, 0.3) is 0 Å². The lowest BCUT2D eigenvalue weighted by atomic mass is 10.2. The molecule has 0 spiro atoms. The molecular formula is C21H16ClN3OS. The molecule has 0 saturated carbocycles. The maximum atomic E-state index is 12.1. The van der Waals surface area contributed by atoms with Crippen LogP contribution in [-0.4, -0.2) is 11.0 Å². The zero-order valence-corrected chi connectivity index (χ0v) is 16.1. The Morgan fingerprint density at radius 3 is 2.22 bits per heavy atom. The van der Waals surface area contributed by atoms with Crippen LogP contribution in [0.1, 0.15) is 5.56 Å². The standard InChI is InChI=1S/C21H16ClN3OS/c1-13-2-11-18-19(12-13)27-20(25-18)14-3-7-16(8-4-14)23-21(26)24-17-9-5-15(22)6-10-17/h2-12H,1H3,(H2,23,24,26). The third kappa shape index (κ3) is 4.10. The lowest BCUT2D eigenvalue weighted by molar-refractivity contribution is 0.262. The molecule has 4 aromatic rings. The Bertz CT molecular complexity index is 1100. The molecule has 0 aliphatic rings. The Morgan fingerprint density at radius 2 is 1.56 bits per heavy atom. The summed E-state index contributed by atoms with van der Waals surface area (Å²) in [4.78, 5) is 16.8. The summed E-state index contributed by atoms with van der Waals surface area (Å²) in [5, 5.41) is 7.18. The Hall–Kier alpha value is -2.89. The van der Waals surface area contributed by atoms with Gasteiger partial charge in [-0.25, -0.2) is 9.78 Å². The van der Waals surface area contributed by atoms with Crippen molar-refractivity contribution in [1.82, 2.24) is 4.98 Å². The number of nitrogens with one attached hydrogen (secondary N) is 2. The van der Waals surface area contributed by atoms with Gasteiger partial charge in [-0.1, -0.05) is 17.7 Å². The lowest BCUT2D eigenvalue weighted by Gasteiger charge is -2.08. The minimum atomic E-state index is -0.305. The SMILES string of the molecule is Cc1ccc2nc(-c3ccc(NC(=O)Nc4ccc(Cl)cc4)cc3)sc2c1. The van der Waals surface area contributed by atoms with Crippen molar-refractivity contribution in [2.45, 2.75) is 6.92 Å². The molecule has 0 unspecified atom stereocenters. The summed E-state index contributed by atoms with van der Waals surface area (Å²) in [7, 11) is 0. The van der Waals surface area contributed by atoms with Gasteiger partial charge in [0.05, 0.1) is 10.2 Å². The van der Waals surface area contributed by atoms with Gasteiger partial charge in [0.2, 0.25) is 0 Å². The van der Waals surface area contributed by atoms with Crippen molar-refractivity contribution < 1.29 is 4.79 Å². The predicted molar refractivity (Wildman–Crippen MR) is 114 cm³/mol. The maximum absolute atomic E-state index is 12.1. The van der Waals surface area contributed by atoms with Gasteiger partial charge in [0, 0.05) is 22.0 Å². The maximum Gasteiger partial charge on any atom is 0.323 e. The van der Waals surface area contributed by atoms with Gasteiger partial charge in [0.1, 0.15) is 5.01 Å². The molecule has 4 nitrogen and oxygen atoms in total. The fraction of sp³-hybridized carbons (Fsp3) is 0.0476. The predicted octanol–water partition coefficient (Wildman–Crippen LogP) is 6.57.